The molecule has 15 heavy (non-hydrogen) atoms. The van der Waals surface area contributed by atoms with Gasteiger partial charge in [0.2, 0.25) is 0 Å². The van der Waals surface area contributed by atoms with Crippen molar-refractivity contribution in [1.29, 1.82) is 0 Å². The first-order valence-corrected chi connectivity index (χ1v) is 5.09. The van der Waals surface area contributed by atoms with Gasteiger partial charge >= 0.3 is 5.97 Å². The maximum absolute atomic E-state index is 10.4. The molecule has 0 saturated carbocycles. The predicted octanol–water partition coefficient (Wildman–Crippen LogP) is -1.68. The molecule has 1 rings (SSSR count). The summed E-state index contributed by atoms with van der Waals surface area (Å²) in [4.78, 5) is 12.6. The van der Waals surface area contributed by atoms with Crippen LogP contribution < -0.4 is 11.1 Å². The normalized spacial score (nSPS) is 25.1. The highest BCUT2D eigenvalue weighted by atomic mass is 16.5. The van der Waals surface area contributed by atoms with E-state index < -0.39 is 12.0 Å². The molecule has 0 aromatic rings. The smallest absolute Gasteiger partial charge is 0.321 e. The van der Waals surface area contributed by atoms with Crippen LogP contribution in [-0.4, -0.2) is 68.0 Å². The van der Waals surface area contributed by atoms with Crippen LogP contribution in [0.3, 0.4) is 0 Å². The number of nitrogens with two attached hydrogens (primary N) is 1. The van der Waals surface area contributed by atoms with Crippen LogP contribution in [0.25, 0.3) is 0 Å². The van der Waals surface area contributed by atoms with Crippen LogP contribution in [0.5, 0.6) is 0 Å². The maximum Gasteiger partial charge on any atom is 0.321 e. The molecule has 0 aliphatic carbocycles. The summed E-state index contributed by atoms with van der Waals surface area (Å²) in [5.41, 5.74) is 5.35. The molecule has 1 aliphatic rings. The standard InChI is InChI=1S/C9H19N3O3/c1-12-2-3-15-7(6-12)4-11-5-8(10)9(13)14/h7-8,11H,2-6,10H2,1H3,(H,13,14). The van der Waals surface area contributed by atoms with E-state index in [1.54, 1.807) is 0 Å². The second-order valence-electron chi connectivity index (χ2n) is 3.86. The zero-order valence-electron chi connectivity index (χ0n) is 8.98. The van der Waals surface area contributed by atoms with E-state index in [0.29, 0.717) is 6.54 Å². The van der Waals surface area contributed by atoms with Gasteiger partial charge in [0.05, 0.1) is 12.7 Å². The van der Waals surface area contributed by atoms with Crippen LogP contribution in [0, 0.1) is 0 Å². The molecule has 0 aromatic carbocycles. The summed E-state index contributed by atoms with van der Waals surface area (Å²) in [7, 11) is 2.04. The minimum Gasteiger partial charge on any atom is -0.480 e. The van der Waals surface area contributed by atoms with Gasteiger partial charge in [0, 0.05) is 26.2 Å². The second-order valence-corrected chi connectivity index (χ2v) is 3.86. The topological polar surface area (TPSA) is 87.8 Å². The van der Waals surface area contributed by atoms with E-state index in [2.05, 4.69) is 10.2 Å². The van der Waals surface area contributed by atoms with Gasteiger partial charge in [-0.05, 0) is 7.05 Å². The van der Waals surface area contributed by atoms with Crippen molar-refractivity contribution in [1.82, 2.24) is 10.2 Å². The number of hydrogen-bond donors (Lipinski definition) is 3. The quantitative estimate of drug-likeness (QED) is 0.510. The minimum absolute atomic E-state index is 0.129. The summed E-state index contributed by atoms with van der Waals surface area (Å²) >= 11 is 0. The fourth-order valence-corrected chi connectivity index (χ4v) is 1.48. The Morgan fingerprint density at radius 3 is 3.13 bits per heavy atom. The van der Waals surface area contributed by atoms with Crippen molar-refractivity contribution in [3.8, 4) is 0 Å². The molecule has 0 aromatic heterocycles. The molecule has 2 unspecified atom stereocenters. The molecule has 1 heterocycles. The first kappa shape index (κ1) is 12.4. The zero-order chi connectivity index (χ0) is 11.3. The summed E-state index contributed by atoms with van der Waals surface area (Å²) in [6, 6.07) is -0.841. The molecule has 0 radical (unpaired) electrons. The molecule has 88 valence electrons. The van der Waals surface area contributed by atoms with E-state index >= 15 is 0 Å². The number of ether oxygens (including phenoxy) is 1. The Hall–Kier alpha value is -0.690. The Labute approximate surface area is 89.4 Å². The van der Waals surface area contributed by atoms with Gasteiger partial charge in [-0.25, -0.2) is 0 Å². The molecule has 1 fully saturated rings. The summed E-state index contributed by atoms with van der Waals surface area (Å²) < 4.78 is 5.50. The maximum atomic E-state index is 10.4. The lowest BCUT2D eigenvalue weighted by Gasteiger charge is -2.30. The predicted molar refractivity (Wildman–Crippen MR) is 55.7 cm³/mol. The van der Waals surface area contributed by atoms with Crippen molar-refractivity contribution in [2.75, 3.05) is 39.8 Å². The molecule has 1 aliphatic heterocycles. The molecular weight excluding hydrogens is 198 g/mol. The molecule has 1 saturated heterocycles. The van der Waals surface area contributed by atoms with Crippen molar-refractivity contribution in [2.24, 2.45) is 5.73 Å². The highest BCUT2D eigenvalue weighted by Crippen LogP contribution is 2.01. The van der Waals surface area contributed by atoms with Gasteiger partial charge in [-0.1, -0.05) is 0 Å². The Balaban J connectivity index is 2.11. The van der Waals surface area contributed by atoms with E-state index in [9.17, 15) is 4.79 Å². The largest absolute Gasteiger partial charge is 0.480 e. The monoisotopic (exact) mass is 217 g/mol. The summed E-state index contributed by atoms with van der Waals surface area (Å²) in [6.07, 6.45) is 0.129. The number of carboxylic acid groups (broad SMARTS) is 1. The van der Waals surface area contributed by atoms with Crippen LogP contribution in [-0.2, 0) is 9.53 Å². The third-order valence-corrected chi connectivity index (χ3v) is 2.40. The van der Waals surface area contributed by atoms with E-state index in [1.165, 1.54) is 0 Å². The highest BCUT2D eigenvalue weighted by molar-refractivity contribution is 5.73. The Bertz CT molecular complexity index is 213. The van der Waals surface area contributed by atoms with Gasteiger partial charge in [-0.2, -0.15) is 0 Å². The number of nitrogens with one attached hydrogen (secondary N) is 1. The van der Waals surface area contributed by atoms with E-state index in [1.807, 2.05) is 7.05 Å². The highest BCUT2D eigenvalue weighted by Gasteiger charge is 2.18. The molecule has 0 bridgehead atoms. The Kier molecular flexibility index (Phi) is 4.97. The van der Waals surface area contributed by atoms with Gasteiger partial charge in [0.1, 0.15) is 6.04 Å². The zero-order valence-corrected chi connectivity index (χ0v) is 8.98. The number of likely N-dealkylation sites (N-methyl/N-ethyl adjacent to an activating group) is 1. The SMILES string of the molecule is CN1CCOC(CNCC(N)C(=O)O)C1. The molecular formula is C9H19N3O3. The number of nitrogens with zero attached hydrogens (tertiary/aromatic N) is 1. The minimum atomic E-state index is -0.982. The summed E-state index contributed by atoms with van der Waals surface area (Å²) in [5.74, 6) is -0.982. The lowest BCUT2D eigenvalue weighted by atomic mass is 10.2. The van der Waals surface area contributed by atoms with Crippen LogP contribution in [0.4, 0.5) is 0 Å². The summed E-state index contributed by atoms with van der Waals surface area (Å²) in [6.45, 7) is 3.47. The number of hydrogen-bond acceptors (Lipinski definition) is 5. The lowest BCUT2D eigenvalue weighted by molar-refractivity contribution is -0.138. The third kappa shape index (κ3) is 4.57. The van der Waals surface area contributed by atoms with Gasteiger partial charge in [-0.15, -0.1) is 0 Å². The number of morpholine rings is 1. The summed E-state index contributed by atoms with van der Waals surface area (Å²) in [5, 5.41) is 11.6. The molecule has 0 amide bonds. The van der Waals surface area contributed by atoms with Crippen molar-refractivity contribution in [3.63, 3.8) is 0 Å². The molecule has 0 spiro atoms. The molecule has 6 nitrogen and oxygen atoms in total. The first-order valence-electron chi connectivity index (χ1n) is 5.09. The van der Waals surface area contributed by atoms with Crippen molar-refractivity contribution < 1.29 is 14.6 Å². The van der Waals surface area contributed by atoms with Crippen molar-refractivity contribution in [2.45, 2.75) is 12.1 Å². The molecule has 4 N–H and O–H groups in total. The Morgan fingerprint density at radius 1 is 1.80 bits per heavy atom. The second kappa shape index (κ2) is 6.02. The van der Waals surface area contributed by atoms with Crippen LogP contribution in [0.1, 0.15) is 0 Å². The van der Waals surface area contributed by atoms with Crippen LogP contribution >= 0.6 is 0 Å². The van der Waals surface area contributed by atoms with Gasteiger partial charge in [-0.3, -0.25) is 4.79 Å². The van der Waals surface area contributed by atoms with E-state index in [-0.39, 0.29) is 12.6 Å². The third-order valence-electron chi connectivity index (χ3n) is 2.40. The van der Waals surface area contributed by atoms with E-state index in [4.69, 9.17) is 15.6 Å². The van der Waals surface area contributed by atoms with Gasteiger partial charge in [0.25, 0.3) is 0 Å². The average Bonchev–Trinajstić information content (AvgIpc) is 2.17. The first-order chi connectivity index (χ1) is 7.09. The van der Waals surface area contributed by atoms with Crippen LogP contribution in [0.2, 0.25) is 0 Å². The van der Waals surface area contributed by atoms with Gasteiger partial charge in [0.15, 0.2) is 0 Å². The van der Waals surface area contributed by atoms with E-state index in [0.717, 1.165) is 19.7 Å². The van der Waals surface area contributed by atoms with Crippen molar-refractivity contribution in [3.05, 3.63) is 0 Å². The average molecular weight is 217 g/mol. The fourth-order valence-electron chi connectivity index (χ4n) is 1.48. The number of carbonyl (C=O) groups is 1. The molecule has 6 heteroatoms. The number of carboxylic acids is 1. The molecule has 2 atom stereocenters. The van der Waals surface area contributed by atoms with Crippen molar-refractivity contribution >= 4 is 5.97 Å². The number of rotatable bonds is 5. The van der Waals surface area contributed by atoms with Gasteiger partial charge < -0.3 is 25.8 Å². The lowest BCUT2D eigenvalue weighted by Crippen LogP contribution is -2.48. The number of aliphatic carboxylic acids is 1. The van der Waals surface area contributed by atoms with Crippen LogP contribution in [0.15, 0.2) is 0 Å². The Morgan fingerprint density at radius 2 is 2.53 bits per heavy atom. The fraction of sp³-hybridized carbons (Fsp3) is 0.889.